The van der Waals surface area contributed by atoms with E-state index in [9.17, 15) is 4.57 Å². The molecule has 0 aliphatic heterocycles. The van der Waals surface area contributed by atoms with Crippen LogP contribution in [0, 0.1) is 0 Å². The highest BCUT2D eigenvalue weighted by atomic mass is 31.1. The molecule has 0 saturated carbocycles. The largest absolute Gasteiger partial charge is 0.805 e. The van der Waals surface area contributed by atoms with E-state index in [4.69, 9.17) is 9.05 Å². The van der Waals surface area contributed by atoms with Gasteiger partial charge in [0, 0.05) is 15.7 Å². The number of rotatable bonds is 8. The van der Waals surface area contributed by atoms with E-state index in [1.165, 1.54) is 0 Å². The van der Waals surface area contributed by atoms with Gasteiger partial charge in [-0.25, -0.2) is 9.05 Å². The summed E-state index contributed by atoms with van der Waals surface area (Å²) in [6, 6.07) is 51.8. The summed E-state index contributed by atoms with van der Waals surface area (Å²) < 4.78 is 25.7. The summed E-state index contributed by atoms with van der Waals surface area (Å²) >= 11 is 0. The van der Waals surface area contributed by atoms with Gasteiger partial charge in [0.2, 0.25) is 0 Å². The third-order valence-corrected chi connectivity index (χ3v) is 7.38. The Kier molecular flexibility index (Phi) is 7.48. The first-order valence-electron chi connectivity index (χ1n) is 13.1. The molecule has 0 aliphatic rings. The highest BCUT2D eigenvalue weighted by Crippen LogP contribution is 2.46. The molecule has 0 bridgehead atoms. The van der Waals surface area contributed by atoms with Gasteiger partial charge in [-0.15, -0.1) is 0 Å². The third-order valence-electron chi connectivity index (χ3n) is 6.69. The van der Waals surface area contributed by atoms with Crippen LogP contribution in [0.25, 0.3) is 44.5 Å². The van der Waals surface area contributed by atoms with E-state index in [0.717, 1.165) is 44.5 Å². The number of benzene rings is 6. The van der Waals surface area contributed by atoms with Crippen LogP contribution >= 0.6 is 8.25 Å². The Hall–Kier alpha value is -4.98. The van der Waals surface area contributed by atoms with Gasteiger partial charge in [0.15, 0.2) is 11.5 Å². The van der Waals surface area contributed by atoms with E-state index in [0.29, 0.717) is 11.5 Å². The molecule has 0 amide bonds. The molecule has 3 nitrogen and oxygen atoms in total. The van der Waals surface area contributed by atoms with E-state index in [-0.39, 0.29) is 0 Å². The van der Waals surface area contributed by atoms with Crippen molar-refractivity contribution in [2.75, 3.05) is 0 Å². The second-order valence-electron chi connectivity index (χ2n) is 9.23. The van der Waals surface area contributed by atoms with Crippen LogP contribution < -0.4 is 9.05 Å². The van der Waals surface area contributed by atoms with Crippen LogP contribution in [-0.4, -0.2) is 0 Å². The summed E-state index contributed by atoms with van der Waals surface area (Å²) in [4.78, 5) is 0. The van der Waals surface area contributed by atoms with Crippen molar-refractivity contribution in [2.45, 2.75) is 0 Å². The van der Waals surface area contributed by atoms with Gasteiger partial charge < -0.3 is 0 Å². The van der Waals surface area contributed by atoms with Crippen LogP contribution in [0.3, 0.4) is 0 Å². The van der Waals surface area contributed by atoms with E-state index >= 15 is 0 Å². The second-order valence-corrected chi connectivity index (χ2v) is 10.0. The zero-order valence-electron chi connectivity index (χ0n) is 21.7. The zero-order valence-corrected chi connectivity index (χ0v) is 22.6. The van der Waals surface area contributed by atoms with Crippen LogP contribution in [0.5, 0.6) is 11.5 Å². The van der Waals surface area contributed by atoms with Crippen molar-refractivity contribution in [1.82, 2.24) is 0 Å². The Bertz CT molecular complexity index is 1610. The lowest BCUT2D eigenvalue weighted by Crippen LogP contribution is -1.96. The maximum atomic E-state index is 13.5. The Morgan fingerprint density at radius 1 is 0.350 bits per heavy atom. The maximum Gasteiger partial charge on any atom is 0.805 e. The van der Waals surface area contributed by atoms with Gasteiger partial charge in [0.05, 0.1) is 0 Å². The summed E-state index contributed by atoms with van der Waals surface area (Å²) in [7, 11) is -2.56. The van der Waals surface area contributed by atoms with Crippen LogP contribution in [0.15, 0.2) is 158 Å². The maximum absolute atomic E-state index is 13.5. The molecule has 6 rings (SSSR count). The molecule has 192 valence electrons. The first kappa shape index (κ1) is 25.3. The molecule has 0 aromatic heterocycles. The van der Waals surface area contributed by atoms with Crippen molar-refractivity contribution in [2.24, 2.45) is 0 Å². The van der Waals surface area contributed by atoms with E-state index in [1.54, 1.807) is 0 Å². The molecule has 40 heavy (non-hydrogen) atoms. The molecule has 0 aliphatic carbocycles. The normalized spacial score (nSPS) is 10.6. The summed E-state index contributed by atoms with van der Waals surface area (Å²) in [5.41, 5.74) is 7.74. The highest BCUT2D eigenvalue weighted by molar-refractivity contribution is 7.34. The molecule has 0 fully saturated rings. The SMILES string of the molecule is O=[P+](Oc1cccc(-c2ccccc2)c1-c1ccccc1)Oc1cccc(-c2ccccc2)c1-c1ccccc1. The van der Waals surface area contributed by atoms with Gasteiger partial charge in [-0.3, -0.25) is 0 Å². The Labute approximate surface area is 235 Å². The molecule has 0 radical (unpaired) electrons. The molecule has 0 atom stereocenters. The van der Waals surface area contributed by atoms with Crippen molar-refractivity contribution in [3.05, 3.63) is 158 Å². The quantitative estimate of drug-likeness (QED) is 0.181. The molecule has 0 unspecified atom stereocenters. The summed E-state index contributed by atoms with van der Waals surface area (Å²) in [5, 5.41) is 0. The van der Waals surface area contributed by atoms with Crippen LogP contribution in [0.4, 0.5) is 0 Å². The van der Waals surface area contributed by atoms with Gasteiger partial charge in [-0.05, 0) is 45.5 Å². The monoisotopic (exact) mass is 537 g/mol. The predicted octanol–water partition coefficient (Wildman–Crippen LogP) is 10.5. The predicted molar refractivity (Wildman–Crippen MR) is 163 cm³/mol. The van der Waals surface area contributed by atoms with Crippen molar-refractivity contribution < 1.29 is 13.6 Å². The first-order chi connectivity index (χ1) is 19.8. The average molecular weight is 538 g/mol. The molecule has 6 aromatic carbocycles. The Morgan fingerprint density at radius 3 is 1.02 bits per heavy atom. The minimum absolute atomic E-state index is 0.495. The highest BCUT2D eigenvalue weighted by Gasteiger charge is 2.30. The fourth-order valence-electron chi connectivity index (χ4n) is 4.92. The van der Waals surface area contributed by atoms with Crippen molar-refractivity contribution >= 4 is 8.25 Å². The smallest absolute Gasteiger partial charge is 0.221 e. The van der Waals surface area contributed by atoms with E-state index in [2.05, 4.69) is 36.4 Å². The molecule has 6 aromatic rings. The minimum atomic E-state index is -2.56. The molecule has 0 saturated heterocycles. The zero-order chi connectivity index (χ0) is 27.1. The second kappa shape index (κ2) is 11.8. The van der Waals surface area contributed by atoms with Crippen molar-refractivity contribution in [1.29, 1.82) is 0 Å². The van der Waals surface area contributed by atoms with Gasteiger partial charge >= 0.3 is 8.25 Å². The van der Waals surface area contributed by atoms with Crippen LogP contribution in [-0.2, 0) is 4.57 Å². The minimum Gasteiger partial charge on any atom is -0.221 e. The molecule has 0 heterocycles. The molecule has 0 spiro atoms. The first-order valence-corrected chi connectivity index (χ1v) is 14.2. The lowest BCUT2D eigenvalue weighted by Gasteiger charge is -2.13. The molecule has 0 N–H and O–H groups in total. The van der Waals surface area contributed by atoms with Crippen molar-refractivity contribution in [3.63, 3.8) is 0 Å². The van der Waals surface area contributed by atoms with E-state index in [1.807, 2.05) is 121 Å². The fraction of sp³-hybridized carbons (Fsp3) is 0. The van der Waals surface area contributed by atoms with Gasteiger partial charge in [-0.1, -0.05) is 146 Å². The fourth-order valence-corrected chi connectivity index (χ4v) is 5.58. The topological polar surface area (TPSA) is 35.5 Å². The standard InChI is InChI=1S/C36H26O3P/c37-40(38-33-25-13-23-31(27-15-5-1-6-16-27)35(33)29-19-9-3-10-20-29)39-34-26-14-24-32(28-17-7-2-8-18-28)36(34)30-21-11-4-12-22-30/h1-26H/q+1. The number of hydrogen-bond donors (Lipinski definition) is 0. The molecule has 4 heteroatoms. The van der Waals surface area contributed by atoms with Gasteiger partial charge in [0.1, 0.15) is 0 Å². The lowest BCUT2D eigenvalue weighted by molar-refractivity contribution is 0.417. The Balaban J connectivity index is 1.40. The van der Waals surface area contributed by atoms with Crippen LogP contribution in [0.2, 0.25) is 0 Å². The third kappa shape index (κ3) is 5.42. The number of hydrogen-bond acceptors (Lipinski definition) is 3. The lowest BCUT2D eigenvalue weighted by atomic mass is 9.94. The van der Waals surface area contributed by atoms with Gasteiger partial charge in [0.25, 0.3) is 0 Å². The van der Waals surface area contributed by atoms with Crippen LogP contribution in [0.1, 0.15) is 0 Å². The van der Waals surface area contributed by atoms with Crippen molar-refractivity contribution in [3.8, 4) is 56.0 Å². The Morgan fingerprint density at radius 2 is 0.675 bits per heavy atom. The average Bonchev–Trinajstić information content (AvgIpc) is 3.02. The summed E-state index contributed by atoms with van der Waals surface area (Å²) in [6.45, 7) is 0. The van der Waals surface area contributed by atoms with E-state index < -0.39 is 8.25 Å². The summed E-state index contributed by atoms with van der Waals surface area (Å²) in [6.07, 6.45) is 0. The molecular weight excluding hydrogens is 511 g/mol. The summed E-state index contributed by atoms with van der Waals surface area (Å²) in [5.74, 6) is 0.989. The van der Waals surface area contributed by atoms with Gasteiger partial charge in [-0.2, -0.15) is 0 Å². The molecular formula is C36H26O3P+.